The monoisotopic (exact) mass is 336 g/mol. The molecule has 0 aliphatic rings. The molecule has 142 valence electrons. The Morgan fingerprint density at radius 2 is 1.50 bits per heavy atom. The summed E-state index contributed by atoms with van der Waals surface area (Å²) < 4.78 is 0. The molecule has 24 heavy (non-hydrogen) atoms. The van der Waals surface area contributed by atoms with E-state index in [-0.39, 0.29) is 0 Å². The van der Waals surface area contributed by atoms with Crippen molar-refractivity contribution in [1.82, 2.24) is 0 Å². The highest BCUT2D eigenvalue weighted by Gasteiger charge is 2.11. The standard InChI is InChI=1S/C22H44N2/c1-5-6-7-8-11-14-20(4)17-18-21(19(2)3)15-12-9-10-13-16-22(23)24/h16,20-21H,2,5-15,17-18,23-24H2,1,3-4H3. The molecular weight excluding hydrogens is 292 g/mol. The largest absolute Gasteiger partial charge is 0.386 e. The first kappa shape index (κ1) is 23.1. The minimum absolute atomic E-state index is 0.457. The second kappa shape index (κ2) is 15.6. The summed E-state index contributed by atoms with van der Waals surface area (Å²) in [5, 5.41) is 0. The maximum Gasteiger partial charge on any atom is 0.0892 e. The Hall–Kier alpha value is -0.920. The van der Waals surface area contributed by atoms with Crippen molar-refractivity contribution < 1.29 is 0 Å². The highest BCUT2D eigenvalue weighted by Crippen LogP contribution is 2.26. The van der Waals surface area contributed by atoms with E-state index >= 15 is 0 Å². The van der Waals surface area contributed by atoms with Crippen LogP contribution in [-0.4, -0.2) is 0 Å². The van der Waals surface area contributed by atoms with Crippen LogP contribution in [0.4, 0.5) is 0 Å². The molecule has 0 rings (SSSR count). The molecule has 0 aromatic heterocycles. The predicted octanol–water partition coefficient (Wildman–Crippen LogP) is 6.66. The number of allylic oxidation sites excluding steroid dienone is 2. The maximum absolute atomic E-state index is 5.45. The quantitative estimate of drug-likeness (QED) is 0.244. The first-order valence-electron chi connectivity index (χ1n) is 10.3. The minimum Gasteiger partial charge on any atom is -0.386 e. The Labute approximate surface area is 152 Å². The molecule has 2 unspecified atom stereocenters. The average Bonchev–Trinajstić information content (AvgIpc) is 2.52. The van der Waals surface area contributed by atoms with E-state index in [2.05, 4.69) is 27.4 Å². The van der Waals surface area contributed by atoms with Crippen LogP contribution in [0.2, 0.25) is 0 Å². The van der Waals surface area contributed by atoms with E-state index in [0.29, 0.717) is 11.7 Å². The zero-order valence-corrected chi connectivity index (χ0v) is 16.8. The number of nitrogens with two attached hydrogens (primary N) is 2. The number of hydrogen-bond acceptors (Lipinski definition) is 2. The molecule has 0 amide bonds. The van der Waals surface area contributed by atoms with E-state index in [1.165, 1.54) is 82.6 Å². The van der Waals surface area contributed by atoms with Gasteiger partial charge in [-0.25, -0.2) is 0 Å². The Bertz CT molecular complexity index is 329. The molecule has 0 aromatic carbocycles. The van der Waals surface area contributed by atoms with Crippen LogP contribution in [0.25, 0.3) is 0 Å². The van der Waals surface area contributed by atoms with Crippen LogP contribution in [0.15, 0.2) is 24.0 Å². The fourth-order valence-corrected chi connectivity index (χ4v) is 3.34. The molecule has 0 radical (unpaired) electrons. The van der Waals surface area contributed by atoms with E-state index in [9.17, 15) is 0 Å². The predicted molar refractivity (Wildman–Crippen MR) is 110 cm³/mol. The third kappa shape index (κ3) is 14.7. The zero-order chi connectivity index (χ0) is 18.2. The van der Waals surface area contributed by atoms with Crippen LogP contribution >= 0.6 is 0 Å². The van der Waals surface area contributed by atoms with Gasteiger partial charge in [-0.3, -0.25) is 0 Å². The summed E-state index contributed by atoms with van der Waals surface area (Å²) in [6, 6.07) is 0. The molecule has 2 atom stereocenters. The van der Waals surface area contributed by atoms with Crippen molar-refractivity contribution in [3.8, 4) is 0 Å². The van der Waals surface area contributed by atoms with E-state index in [1.807, 2.05) is 6.08 Å². The molecule has 0 heterocycles. The number of hydrogen-bond donors (Lipinski definition) is 2. The Morgan fingerprint density at radius 1 is 0.875 bits per heavy atom. The summed E-state index contributed by atoms with van der Waals surface area (Å²) in [5.74, 6) is 2.03. The summed E-state index contributed by atoms with van der Waals surface area (Å²) >= 11 is 0. The topological polar surface area (TPSA) is 52.0 Å². The lowest BCUT2D eigenvalue weighted by atomic mass is 9.86. The molecule has 0 fully saturated rings. The number of unbranched alkanes of at least 4 members (excludes halogenated alkanes) is 7. The van der Waals surface area contributed by atoms with Gasteiger partial charge in [-0.05, 0) is 50.5 Å². The van der Waals surface area contributed by atoms with Gasteiger partial charge in [0.1, 0.15) is 0 Å². The second-order valence-corrected chi connectivity index (χ2v) is 7.77. The molecule has 0 bridgehead atoms. The zero-order valence-electron chi connectivity index (χ0n) is 16.8. The smallest absolute Gasteiger partial charge is 0.0892 e. The number of rotatable bonds is 16. The second-order valence-electron chi connectivity index (χ2n) is 7.77. The lowest BCUT2D eigenvalue weighted by Crippen LogP contribution is -2.07. The third-order valence-corrected chi connectivity index (χ3v) is 5.14. The van der Waals surface area contributed by atoms with E-state index in [4.69, 9.17) is 11.5 Å². The van der Waals surface area contributed by atoms with E-state index in [0.717, 1.165) is 12.3 Å². The molecule has 0 saturated carbocycles. The van der Waals surface area contributed by atoms with Gasteiger partial charge in [-0.1, -0.05) is 83.8 Å². The molecular formula is C22H44N2. The van der Waals surface area contributed by atoms with Crippen molar-refractivity contribution >= 4 is 0 Å². The van der Waals surface area contributed by atoms with Crippen molar-refractivity contribution in [3.05, 3.63) is 24.0 Å². The normalized spacial score (nSPS) is 13.5. The molecule has 0 spiro atoms. The fourth-order valence-electron chi connectivity index (χ4n) is 3.34. The van der Waals surface area contributed by atoms with Gasteiger partial charge in [0.2, 0.25) is 0 Å². The van der Waals surface area contributed by atoms with Crippen LogP contribution in [0.3, 0.4) is 0 Å². The van der Waals surface area contributed by atoms with Crippen LogP contribution in [0.5, 0.6) is 0 Å². The highest BCUT2D eigenvalue weighted by molar-refractivity contribution is 4.96. The van der Waals surface area contributed by atoms with Crippen LogP contribution in [0.1, 0.15) is 104 Å². The maximum atomic E-state index is 5.45. The van der Waals surface area contributed by atoms with Crippen LogP contribution in [0, 0.1) is 11.8 Å². The summed E-state index contributed by atoms with van der Waals surface area (Å²) in [6.07, 6.45) is 19.1. The van der Waals surface area contributed by atoms with Crippen molar-refractivity contribution in [2.45, 2.75) is 104 Å². The van der Waals surface area contributed by atoms with Crippen molar-refractivity contribution in [2.24, 2.45) is 23.3 Å². The first-order chi connectivity index (χ1) is 11.5. The average molecular weight is 337 g/mol. The van der Waals surface area contributed by atoms with Gasteiger partial charge in [0.25, 0.3) is 0 Å². The van der Waals surface area contributed by atoms with Gasteiger partial charge >= 0.3 is 0 Å². The van der Waals surface area contributed by atoms with Crippen molar-refractivity contribution in [3.63, 3.8) is 0 Å². The van der Waals surface area contributed by atoms with Gasteiger partial charge in [-0.2, -0.15) is 0 Å². The molecule has 2 nitrogen and oxygen atoms in total. The Morgan fingerprint density at radius 3 is 2.12 bits per heavy atom. The van der Waals surface area contributed by atoms with Gasteiger partial charge in [0.15, 0.2) is 0 Å². The van der Waals surface area contributed by atoms with E-state index < -0.39 is 0 Å². The van der Waals surface area contributed by atoms with Crippen LogP contribution < -0.4 is 11.5 Å². The summed E-state index contributed by atoms with van der Waals surface area (Å²) in [6.45, 7) is 11.1. The molecule has 0 saturated heterocycles. The van der Waals surface area contributed by atoms with Gasteiger partial charge in [0.05, 0.1) is 5.82 Å². The van der Waals surface area contributed by atoms with E-state index in [1.54, 1.807) is 0 Å². The fraction of sp³-hybridized carbons (Fsp3) is 0.818. The SMILES string of the molecule is C=C(C)C(CCCCCC=C(N)N)CCC(C)CCCCCCC. The molecule has 4 N–H and O–H groups in total. The van der Waals surface area contributed by atoms with Gasteiger partial charge in [0, 0.05) is 0 Å². The van der Waals surface area contributed by atoms with Gasteiger partial charge in [-0.15, -0.1) is 0 Å². The molecule has 2 heteroatoms. The third-order valence-electron chi connectivity index (χ3n) is 5.14. The van der Waals surface area contributed by atoms with Gasteiger partial charge < -0.3 is 11.5 Å². The lowest BCUT2D eigenvalue weighted by Gasteiger charge is -2.19. The summed E-state index contributed by atoms with van der Waals surface area (Å²) in [7, 11) is 0. The molecule has 0 aliphatic heterocycles. The summed E-state index contributed by atoms with van der Waals surface area (Å²) in [5.41, 5.74) is 12.3. The summed E-state index contributed by atoms with van der Waals surface area (Å²) in [4.78, 5) is 0. The Balaban J connectivity index is 3.79. The highest BCUT2D eigenvalue weighted by atomic mass is 14.8. The first-order valence-corrected chi connectivity index (χ1v) is 10.3. The van der Waals surface area contributed by atoms with Crippen molar-refractivity contribution in [2.75, 3.05) is 0 Å². The Kier molecular flexibility index (Phi) is 15.0. The minimum atomic E-state index is 0.457. The molecule has 0 aromatic rings. The molecule has 0 aliphatic carbocycles. The van der Waals surface area contributed by atoms with Crippen LogP contribution in [-0.2, 0) is 0 Å². The lowest BCUT2D eigenvalue weighted by molar-refractivity contribution is 0.389. The van der Waals surface area contributed by atoms with Crippen molar-refractivity contribution in [1.29, 1.82) is 0 Å².